The van der Waals surface area contributed by atoms with Gasteiger partial charge in [-0.05, 0) is 34.1 Å². The van der Waals surface area contributed by atoms with Crippen LogP contribution in [0, 0.1) is 0 Å². The highest BCUT2D eigenvalue weighted by Gasteiger charge is 2.39. The van der Waals surface area contributed by atoms with Crippen LogP contribution in [0.25, 0.3) is 0 Å². The topological polar surface area (TPSA) is 92.3 Å². The molecular formula is C16H31NO7Si. The lowest BCUT2D eigenvalue weighted by molar-refractivity contribution is -0.139. The Morgan fingerprint density at radius 3 is 1.96 bits per heavy atom. The number of amides is 1. The first-order valence-corrected chi connectivity index (χ1v) is 10.5. The van der Waals surface area contributed by atoms with Gasteiger partial charge in [-0.15, -0.1) is 0 Å². The van der Waals surface area contributed by atoms with Gasteiger partial charge in [0.15, 0.2) is 0 Å². The third kappa shape index (κ3) is 10.9. The van der Waals surface area contributed by atoms with Crippen LogP contribution in [0.4, 0.5) is 4.79 Å². The van der Waals surface area contributed by atoms with Crippen molar-refractivity contribution in [3.63, 3.8) is 0 Å². The van der Waals surface area contributed by atoms with E-state index in [4.69, 9.17) is 22.8 Å². The predicted molar refractivity (Wildman–Crippen MR) is 95.2 cm³/mol. The van der Waals surface area contributed by atoms with Crippen LogP contribution in [0.3, 0.4) is 0 Å². The Morgan fingerprint density at radius 2 is 1.48 bits per heavy atom. The standard InChI is InChI=1S/C16H31NO7Si/c1-6-22-25(23-7-2,24-8-3)13-9-10-17-16(19)21-12-11-20-15(18)14(4)5/h4,6-13H2,1-3,5H3,(H,17,19). The summed E-state index contributed by atoms with van der Waals surface area (Å²) in [5, 5.41) is 2.63. The Kier molecular flexibility index (Phi) is 13.0. The van der Waals surface area contributed by atoms with Crippen LogP contribution in [0.1, 0.15) is 34.1 Å². The van der Waals surface area contributed by atoms with Gasteiger partial charge in [-0.2, -0.15) is 0 Å². The third-order valence-electron chi connectivity index (χ3n) is 2.92. The number of carbonyl (C=O) groups is 2. The van der Waals surface area contributed by atoms with E-state index >= 15 is 0 Å². The van der Waals surface area contributed by atoms with E-state index in [2.05, 4.69) is 11.9 Å². The molecule has 0 radical (unpaired) electrons. The van der Waals surface area contributed by atoms with E-state index in [1.807, 2.05) is 20.8 Å². The normalized spacial score (nSPS) is 11.0. The number of ether oxygens (including phenoxy) is 2. The summed E-state index contributed by atoms with van der Waals surface area (Å²) in [4.78, 5) is 22.7. The van der Waals surface area contributed by atoms with Crippen LogP contribution >= 0.6 is 0 Å². The molecule has 8 nitrogen and oxygen atoms in total. The Bertz CT molecular complexity index is 400. The first-order chi connectivity index (χ1) is 11.9. The summed E-state index contributed by atoms with van der Waals surface area (Å²) in [6, 6.07) is 0.610. The summed E-state index contributed by atoms with van der Waals surface area (Å²) in [6.45, 7) is 12.6. The van der Waals surface area contributed by atoms with Crippen molar-refractivity contribution in [2.75, 3.05) is 39.6 Å². The van der Waals surface area contributed by atoms with Gasteiger partial charge in [0.05, 0.1) is 0 Å². The molecular weight excluding hydrogens is 346 g/mol. The molecule has 0 saturated carbocycles. The van der Waals surface area contributed by atoms with Crippen LogP contribution in [-0.2, 0) is 27.5 Å². The van der Waals surface area contributed by atoms with Crippen molar-refractivity contribution in [1.29, 1.82) is 0 Å². The summed E-state index contributed by atoms with van der Waals surface area (Å²) >= 11 is 0. The zero-order valence-electron chi connectivity index (χ0n) is 15.7. The minimum Gasteiger partial charge on any atom is -0.459 e. The first-order valence-electron chi connectivity index (χ1n) is 8.55. The van der Waals surface area contributed by atoms with Gasteiger partial charge in [0.1, 0.15) is 13.2 Å². The number of hydrogen-bond donors (Lipinski definition) is 1. The molecule has 0 rings (SSSR count). The Labute approximate surface area is 151 Å². The summed E-state index contributed by atoms with van der Waals surface area (Å²) in [7, 11) is -2.68. The van der Waals surface area contributed by atoms with Crippen LogP contribution in [0.15, 0.2) is 12.2 Å². The lowest BCUT2D eigenvalue weighted by atomic mass is 10.4. The summed E-state index contributed by atoms with van der Waals surface area (Å²) in [5.74, 6) is -0.506. The minimum absolute atomic E-state index is 0.00580. The highest BCUT2D eigenvalue weighted by atomic mass is 28.4. The zero-order valence-corrected chi connectivity index (χ0v) is 16.7. The molecule has 0 heterocycles. The van der Waals surface area contributed by atoms with Crippen molar-refractivity contribution >= 4 is 20.9 Å². The number of hydrogen-bond acceptors (Lipinski definition) is 7. The van der Waals surface area contributed by atoms with Crippen molar-refractivity contribution in [2.24, 2.45) is 0 Å². The molecule has 0 atom stereocenters. The van der Waals surface area contributed by atoms with Gasteiger partial charge in [-0.1, -0.05) is 6.58 Å². The summed E-state index contributed by atoms with van der Waals surface area (Å²) in [6.07, 6.45) is 0.0780. The second-order valence-corrected chi connectivity index (χ2v) is 7.80. The highest BCUT2D eigenvalue weighted by Crippen LogP contribution is 2.17. The van der Waals surface area contributed by atoms with Gasteiger partial charge in [0.25, 0.3) is 0 Å². The van der Waals surface area contributed by atoms with Crippen molar-refractivity contribution in [2.45, 2.75) is 40.2 Å². The number of nitrogens with one attached hydrogen (secondary N) is 1. The number of esters is 1. The van der Waals surface area contributed by atoms with Gasteiger partial charge >= 0.3 is 20.9 Å². The molecule has 1 N–H and O–H groups in total. The Hall–Kier alpha value is -1.42. The molecule has 1 amide bonds. The van der Waals surface area contributed by atoms with Gasteiger partial charge in [-0.3, -0.25) is 0 Å². The molecule has 0 bridgehead atoms. The maximum Gasteiger partial charge on any atom is 0.500 e. The molecule has 0 aliphatic heterocycles. The minimum atomic E-state index is -2.68. The van der Waals surface area contributed by atoms with Gasteiger partial charge < -0.3 is 28.1 Å². The number of carbonyl (C=O) groups excluding carboxylic acids is 2. The average molecular weight is 378 g/mol. The highest BCUT2D eigenvalue weighted by molar-refractivity contribution is 6.60. The first kappa shape index (κ1) is 23.6. The molecule has 0 aliphatic carbocycles. The van der Waals surface area contributed by atoms with Crippen molar-refractivity contribution in [1.82, 2.24) is 5.32 Å². The van der Waals surface area contributed by atoms with Crippen molar-refractivity contribution < 1.29 is 32.3 Å². The molecule has 0 saturated heterocycles. The fraction of sp³-hybridized carbons (Fsp3) is 0.750. The monoisotopic (exact) mass is 377 g/mol. The largest absolute Gasteiger partial charge is 0.500 e. The summed E-state index contributed by atoms with van der Waals surface area (Å²) in [5.41, 5.74) is 0.301. The second kappa shape index (κ2) is 13.8. The quantitative estimate of drug-likeness (QED) is 0.215. The number of rotatable bonds is 14. The molecule has 0 aromatic rings. The van der Waals surface area contributed by atoms with E-state index in [-0.39, 0.29) is 13.2 Å². The van der Waals surface area contributed by atoms with E-state index in [9.17, 15) is 9.59 Å². The van der Waals surface area contributed by atoms with E-state index in [0.29, 0.717) is 44.4 Å². The van der Waals surface area contributed by atoms with E-state index in [1.54, 1.807) is 6.92 Å². The fourth-order valence-corrected chi connectivity index (χ4v) is 4.55. The zero-order chi connectivity index (χ0) is 19.1. The third-order valence-corrected chi connectivity index (χ3v) is 6.07. The second-order valence-electron chi connectivity index (χ2n) is 5.06. The predicted octanol–water partition coefficient (Wildman–Crippen LogP) is 2.27. The van der Waals surface area contributed by atoms with Gasteiger partial charge in [0, 0.05) is 38.0 Å². The number of alkyl carbamates (subject to hydrolysis) is 1. The van der Waals surface area contributed by atoms with Crippen LogP contribution < -0.4 is 5.32 Å². The van der Waals surface area contributed by atoms with Crippen molar-refractivity contribution in [3.8, 4) is 0 Å². The van der Waals surface area contributed by atoms with Crippen LogP contribution in [-0.4, -0.2) is 60.4 Å². The lowest BCUT2D eigenvalue weighted by Crippen LogP contribution is -2.46. The van der Waals surface area contributed by atoms with E-state index in [0.717, 1.165) is 0 Å². The van der Waals surface area contributed by atoms with E-state index in [1.165, 1.54) is 0 Å². The van der Waals surface area contributed by atoms with Crippen molar-refractivity contribution in [3.05, 3.63) is 12.2 Å². The molecule has 0 aliphatic rings. The van der Waals surface area contributed by atoms with Gasteiger partial charge in [0.2, 0.25) is 0 Å². The molecule has 25 heavy (non-hydrogen) atoms. The Morgan fingerprint density at radius 1 is 0.960 bits per heavy atom. The molecule has 0 fully saturated rings. The van der Waals surface area contributed by atoms with Gasteiger partial charge in [-0.25, -0.2) is 9.59 Å². The average Bonchev–Trinajstić information content (AvgIpc) is 2.56. The SMILES string of the molecule is C=C(C)C(=O)OCCOC(=O)NCCC[Si](OCC)(OCC)OCC. The van der Waals surface area contributed by atoms with Crippen LogP contribution in [0.2, 0.25) is 6.04 Å². The molecule has 0 aromatic heterocycles. The Balaban J connectivity index is 4.01. The lowest BCUT2D eigenvalue weighted by Gasteiger charge is -2.28. The molecule has 146 valence electrons. The van der Waals surface area contributed by atoms with E-state index < -0.39 is 20.9 Å². The molecule has 0 spiro atoms. The van der Waals surface area contributed by atoms with Crippen LogP contribution in [0.5, 0.6) is 0 Å². The smallest absolute Gasteiger partial charge is 0.459 e. The summed E-state index contributed by atoms with van der Waals surface area (Å²) < 4.78 is 26.9. The molecule has 0 aromatic carbocycles. The maximum atomic E-state index is 11.5. The maximum absolute atomic E-state index is 11.5. The fourth-order valence-electron chi connectivity index (χ4n) is 1.94. The molecule has 0 unspecified atom stereocenters. The molecule has 9 heteroatoms.